The van der Waals surface area contributed by atoms with Crippen LogP contribution in [0, 0.1) is 0 Å². The second-order valence-corrected chi connectivity index (χ2v) is 11.7. The number of nitrogens with two attached hydrogens (primary N) is 1. The molecule has 6 unspecified atom stereocenters. The van der Waals surface area contributed by atoms with Crippen LogP contribution >= 0.6 is 0 Å². The summed E-state index contributed by atoms with van der Waals surface area (Å²) in [5.74, 6) is -2.52. The molecule has 55 heavy (non-hydrogen) atoms. The van der Waals surface area contributed by atoms with Crippen LogP contribution in [0.2, 0.25) is 0 Å². The largest absolute Gasteiger partial charge is 0.481 e. The van der Waals surface area contributed by atoms with Crippen molar-refractivity contribution in [1.82, 2.24) is 4.90 Å². The van der Waals surface area contributed by atoms with E-state index in [2.05, 4.69) is 0 Å². The Hall–Kier alpha value is -2.60. The van der Waals surface area contributed by atoms with Crippen LogP contribution in [0.5, 0.6) is 0 Å². The lowest BCUT2D eigenvalue weighted by Crippen LogP contribution is -2.37. The quantitative estimate of drug-likeness (QED) is 0.0315. The van der Waals surface area contributed by atoms with Crippen LogP contribution in [0.15, 0.2) is 0 Å². The number of aliphatic hydroxyl groups excluding tert-OH is 5. The van der Waals surface area contributed by atoms with Crippen molar-refractivity contribution < 1.29 is 88.1 Å². The van der Waals surface area contributed by atoms with E-state index < -0.39 is 42.9 Å². The molecule has 0 aromatic rings. The molecule has 0 aromatic carbocycles. The minimum Gasteiger partial charge on any atom is -0.481 e. The fourth-order valence-corrected chi connectivity index (χ4v) is 4.02. The molecule has 0 bridgehead atoms. The number of esters is 1. The van der Waals surface area contributed by atoms with Crippen molar-refractivity contribution >= 4 is 23.8 Å². The Morgan fingerprint density at radius 3 is 1.45 bits per heavy atom. The van der Waals surface area contributed by atoms with Crippen molar-refractivity contribution in [3.63, 3.8) is 0 Å². The molecule has 0 aliphatic carbocycles. The van der Waals surface area contributed by atoms with Gasteiger partial charge in [-0.25, -0.2) is 0 Å². The van der Waals surface area contributed by atoms with E-state index >= 15 is 0 Å². The lowest BCUT2D eigenvalue weighted by Gasteiger charge is -2.25. The van der Waals surface area contributed by atoms with Gasteiger partial charge in [0, 0.05) is 53.0 Å². The van der Waals surface area contributed by atoms with E-state index in [-0.39, 0.29) is 103 Å². The molecule has 0 saturated heterocycles. The number of aliphatic carboxylic acids is 2. The van der Waals surface area contributed by atoms with E-state index in [1.54, 1.807) is 4.90 Å². The van der Waals surface area contributed by atoms with Gasteiger partial charge < -0.3 is 79.5 Å². The first-order chi connectivity index (χ1) is 26.3. The molecule has 1 amide bonds. The van der Waals surface area contributed by atoms with Gasteiger partial charge in [-0.05, 0) is 45.1 Å². The van der Waals surface area contributed by atoms with Gasteiger partial charge in [0.25, 0.3) is 0 Å². The van der Waals surface area contributed by atoms with Crippen molar-refractivity contribution in [2.75, 3.05) is 80.1 Å². The molecule has 0 aliphatic rings. The number of ether oxygens (including phenoxy) is 7. The summed E-state index contributed by atoms with van der Waals surface area (Å²) in [5, 5.41) is 61.7. The summed E-state index contributed by atoms with van der Waals surface area (Å²) in [6, 6.07) is 0. The maximum atomic E-state index is 12.2. The molecule has 0 rings (SSSR count). The molecule has 20 heteroatoms. The number of methoxy groups -OCH3 is 2. The highest BCUT2D eigenvalue weighted by molar-refractivity contribution is 5.77. The minimum atomic E-state index is -0.945. The van der Waals surface area contributed by atoms with E-state index in [0.29, 0.717) is 45.3 Å². The first kappa shape index (κ1) is 56.7. The molecule has 0 aliphatic heterocycles. The number of nitrogens with zero attached hydrogens (tertiary/aromatic N) is 1. The Balaban J connectivity index is -0.000000794. The van der Waals surface area contributed by atoms with Crippen LogP contribution in [0.25, 0.3) is 0 Å². The zero-order valence-electron chi connectivity index (χ0n) is 33.3. The van der Waals surface area contributed by atoms with Crippen LogP contribution in [-0.2, 0) is 52.3 Å². The standard InChI is InChI=1S/C16H32N2O7.C12H22O7.C7H16O4/c1-2-13(11-19)25-16(12-20)24-10-9-18(8-4-7-17)14(21)5-3-6-15(22)23;1-3-9(7-13)19-12(17-2)8-18-11(16)6-4-5-10(14)15;1-3-6(4-8)11-7(5-9)10-2/h13,16,19-20H,2-12,17H2,1H3,(H,22,23);9,12-13H,3-8H2,1-2H3,(H,14,15);6-9H,3-5H2,1-2H3. The van der Waals surface area contributed by atoms with Crippen molar-refractivity contribution in [3.8, 4) is 0 Å². The summed E-state index contributed by atoms with van der Waals surface area (Å²) >= 11 is 0. The topological polar surface area (TPSA) is 304 Å². The summed E-state index contributed by atoms with van der Waals surface area (Å²) in [6.45, 7) is 5.97. The first-order valence-corrected chi connectivity index (χ1v) is 18.5. The molecule has 0 spiro atoms. The fraction of sp³-hybridized carbons (Fsp3) is 0.886. The van der Waals surface area contributed by atoms with Crippen LogP contribution in [0.4, 0.5) is 0 Å². The molecule has 328 valence electrons. The summed E-state index contributed by atoms with van der Waals surface area (Å²) in [7, 11) is 2.86. The predicted octanol–water partition coefficient (Wildman–Crippen LogP) is -0.176. The highest BCUT2D eigenvalue weighted by Crippen LogP contribution is 2.08. The highest BCUT2D eigenvalue weighted by atomic mass is 16.7. The Labute approximate surface area is 324 Å². The van der Waals surface area contributed by atoms with Crippen LogP contribution in [0.1, 0.15) is 85.0 Å². The molecule has 0 fully saturated rings. The molecule has 6 atom stereocenters. The zero-order valence-corrected chi connectivity index (χ0v) is 33.3. The predicted molar refractivity (Wildman–Crippen MR) is 196 cm³/mol. The maximum absolute atomic E-state index is 12.2. The normalized spacial score (nSPS) is 14.2. The second-order valence-electron chi connectivity index (χ2n) is 11.7. The molecule has 0 heterocycles. The molecule has 0 saturated carbocycles. The third-order valence-corrected chi connectivity index (χ3v) is 7.42. The monoisotopic (exact) mass is 806 g/mol. The van der Waals surface area contributed by atoms with E-state index in [9.17, 15) is 24.3 Å². The van der Waals surface area contributed by atoms with E-state index in [0.717, 1.165) is 0 Å². The number of amides is 1. The van der Waals surface area contributed by atoms with Gasteiger partial charge in [-0.2, -0.15) is 0 Å². The zero-order chi connectivity index (χ0) is 42.4. The lowest BCUT2D eigenvalue weighted by atomic mass is 10.2. The maximum Gasteiger partial charge on any atom is 0.305 e. The number of hydrogen-bond acceptors (Lipinski definition) is 17. The molecule has 0 radical (unpaired) electrons. The number of carboxylic acids is 2. The SMILES string of the molecule is CCC(CO)OC(CO)OC.CCC(CO)OC(CO)OCCN(CCCN)C(=O)CCCC(=O)O.CCC(CO)OC(COC(=O)CCCC(=O)O)OC. The Morgan fingerprint density at radius 1 is 0.600 bits per heavy atom. The second kappa shape index (κ2) is 39.6. The fourth-order valence-electron chi connectivity index (χ4n) is 4.02. The first-order valence-electron chi connectivity index (χ1n) is 18.5. The Bertz CT molecular complexity index is 908. The van der Waals surface area contributed by atoms with Gasteiger partial charge in [-0.15, -0.1) is 0 Å². The van der Waals surface area contributed by atoms with Gasteiger partial charge in [0.05, 0.1) is 58.0 Å². The number of aliphatic hydroxyl groups is 5. The van der Waals surface area contributed by atoms with Crippen LogP contribution < -0.4 is 5.73 Å². The van der Waals surface area contributed by atoms with E-state index in [4.69, 9.17) is 69.5 Å². The van der Waals surface area contributed by atoms with Crippen molar-refractivity contribution in [2.45, 2.75) is 122 Å². The number of carboxylic acid groups (broad SMARTS) is 2. The van der Waals surface area contributed by atoms with Gasteiger partial charge in [0.2, 0.25) is 5.91 Å². The number of carbonyl (C=O) groups is 4. The van der Waals surface area contributed by atoms with Gasteiger partial charge >= 0.3 is 17.9 Å². The summed E-state index contributed by atoms with van der Waals surface area (Å²) in [5.41, 5.74) is 5.48. The van der Waals surface area contributed by atoms with Gasteiger partial charge in [-0.3, -0.25) is 19.2 Å². The molecular formula is C35H70N2O18. The lowest BCUT2D eigenvalue weighted by molar-refractivity contribution is -0.196. The average molecular weight is 807 g/mol. The summed E-state index contributed by atoms with van der Waals surface area (Å²) in [6.07, 6.45) is -0.109. The van der Waals surface area contributed by atoms with Crippen LogP contribution in [0.3, 0.4) is 0 Å². The highest BCUT2D eigenvalue weighted by Gasteiger charge is 2.19. The third-order valence-electron chi connectivity index (χ3n) is 7.42. The van der Waals surface area contributed by atoms with Crippen molar-refractivity contribution in [2.24, 2.45) is 5.73 Å². The van der Waals surface area contributed by atoms with E-state index in [1.807, 2.05) is 20.8 Å². The van der Waals surface area contributed by atoms with Gasteiger partial charge in [-0.1, -0.05) is 20.8 Å². The smallest absolute Gasteiger partial charge is 0.305 e. The Kier molecular flexibility index (Phi) is 40.9. The molecule has 0 aromatic heterocycles. The number of rotatable bonds is 33. The average Bonchev–Trinajstić information content (AvgIpc) is 3.18. The summed E-state index contributed by atoms with van der Waals surface area (Å²) in [4.78, 5) is 45.8. The number of carbonyl (C=O) groups excluding carboxylic acids is 2. The Morgan fingerprint density at radius 2 is 1.05 bits per heavy atom. The summed E-state index contributed by atoms with van der Waals surface area (Å²) < 4.78 is 35.9. The van der Waals surface area contributed by atoms with Crippen molar-refractivity contribution in [3.05, 3.63) is 0 Å². The van der Waals surface area contributed by atoms with E-state index in [1.165, 1.54) is 14.2 Å². The third kappa shape index (κ3) is 34.4. The number of hydrogen-bond donors (Lipinski definition) is 8. The molecular weight excluding hydrogens is 736 g/mol. The molecule has 20 nitrogen and oxygen atoms in total. The van der Waals surface area contributed by atoms with Gasteiger partial charge in [0.1, 0.15) is 6.61 Å². The van der Waals surface area contributed by atoms with Gasteiger partial charge in [0.15, 0.2) is 18.9 Å². The van der Waals surface area contributed by atoms with Crippen LogP contribution in [-0.4, -0.2) is 182 Å². The van der Waals surface area contributed by atoms with Crippen molar-refractivity contribution in [1.29, 1.82) is 0 Å². The molecule has 9 N–H and O–H groups in total. The minimum absolute atomic E-state index is 0.0416.